The van der Waals surface area contributed by atoms with E-state index in [1.165, 1.54) is 11.1 Å². The fraction of sp³-hybridized carbons (Fsp3) is 0.373. The van der Waals surface area contributed by atoms with Gasteiger partial charge in [-0.15, -0.1) is 0 Å². The van der Waals surface area contributed by atoms with Crippen LogP contribution in [0.15, 0.2) is 84.9 Å². The van der Waals surface area contributed by atoms with Crippen LogP contribution in [0.4, 0.5) is 13.2 Å². The Morgan fingerprint density at radius 3 is 1.13 bits per heavy atom. The van der Waals surface area contributed by atoms with Crippen molar-refractivity contribution in [3.05, 3.63) is 118 Å². The average Bonchev–Trinajstić information content (AvgIpc) is 3.32. The van der Waals surface area contributed by atoms with Crippen LogP contribution in [0.1, 0.15) is 152 Å². The summed E-state index contributed by atoms with van der Waals surface area (Å²) in [7, 11) is -6.02. The van der Waals surface area contributed by atoms with E-state index >= 15 is 0 Å². The van der Waals surface area contributed by atoms with E-state index in [9.17, 15) is 21.6 Å². The molecule has 6 aromatic rings. The van der Waals surface area contributed by atoms with Gasteiger partial charge in [0.2, 0.25) is 0 Å². The van der Waals surface area contributed by atoms with Gasteiger partial charge in [-0.1, -0.05) is 0 Å². The number of alkyl halides is 3. The molecule has 11 heteroatoms. The van der Waals surface area contributed by atoms with Gasteiger partial charge < -0.3 is 0 Å². The molecule has 1 aliphatic heterocycles. The molecule has 328 valence electrons. The fourth-order valence-electron chi connectivity index (χ4n) is 8.74. The molecule has 0 radical (unpaired) electrons. The Labute approximate surface area is 374 Å². The van der Waals surface area contributed by atoms with Crippen LogP contribution >= 0.6 is 6.56 Å². The predicted octanol–water partition coefficient (Wildman–Crippen LogP) is 15.8. The van der Waals surface area contributed by atoms with Crippen LogP contribution in [-0.4, -0.2) is 29.5 Å². The zero-order chi connectivity index (χ0) is 45.4. The molecule has 0 saturated carbocycles. The van der Waals surface area contributed by atoms with E-state index in [4.69, 9.17) is 9.05 Å². The Balaban J connectivity index is 1.77. The molecule has 6 aromatic carbocycles. The number of nitrogens with one attached hydrogen (secondary N) is 1. The first-order valence-corrected chi connectivity index (χ1v) is 26.8. The minimum absolute atomic E-state index is 0.0410. The summed E-state index contributed by atoms with van der Waals surface area (Å²) in [5.74, 6) is 1.11. The van der Waals surface area contributed by atoms with Gasteiger partial charge in [-0.25, -0.2) is 0 Å². The quantitative estimate of drug-likeness (QED) is 0.110. The first kappa shape index (κ1) is 46.1. The number of fused-ring (bicyclic) bond motifs is 7. The van der Waals surface area contributed by atoms with Crippen LogP contribution in [0.25, 0.3) is 54.9 Å². The van der Waals surface area contributed by atoms with Gasteiger partial charge in [0.05, 0.1) is 0 Å². The second kappa shape index (κ2) is 16.9. The summed E-state index contributed by atoms with van der Waals surface area (Å²) in [5, 5.41) is 3.34. The van der Waals surface area contributed by atoms with E-state index in [2.05, 4.69) is 123 Å². The molecule has 0 spiro atoms. The van der Waals surface area contributed by atoms with E-state index in [-0.39, 0.29) is 47.0 Å². The van der Waals surface area contributed by atoms with E-state index in [1.54, 1.807) is 0 Å². The molecule has 0 unspecified atom stereocenters. The van der Waals surface area contributed by atoms with Crippen molar-refractivity contribution in [3.8, 4) is 44.9 Å². The zero-order valence-corrected chi connectivity index (χ0v) is 41.0. The van der Waals surface area contributed by atoms with Crippen LogP contribution in [0, 0.1) is 0 Å². The van der Waals surface area contributed by atoms with E-state index < -0.39 is 22.1 Å². The number of hydrogen-bond acceptors (Lipinski definition) is 4. The van der Waals surface area contributed by atoms with Gasteiger partial charge in [0, 0.05) is 0 Å². The van der Waals surface area contributed by atoms with Crippen LogP contribution < -0.4 is 13.5 Å². The average molecular weight is 947 g/mol. The zero-order valence-electron chi connectivity index (χ0n) is 37.6. The van der Waals surface area contributed by atoms with Gasteiger partial charge >= 0.3 is 376 Å². The van der Waals surface area contributed by atoms with E-state index in [0.717, 1.165) is 54.9 Å². The predicted molar refractivity (Wildman–Crippen MR) is 254 cm³/mol. The SMILES string of the molecule is CC(C)c1cc(C(C)C)c(-c2cc3ccccc3c3c2O[P+]([Se-])(NS(=O)(=O)C(F)(F)F)Oc2c(-c4c(C(C)C)cc(C(C)C)cc4C(C)C)cc4ccccc4c2-3)c(C(C)C)c1. The van der Waals surface area contributed by atoms with Gasteiger partial charge in [-0.3, -0.25) is 0 Å². The summed E-state index contributed by atoms with van der Waals surface area (Å²) in [6.45, 7) is 21.3. The first-order valence-electron chi connectivity index (χ1n) is 21.5. The first-order chi connectivity index (χ1) is 28.9. The monoisotopic (exact) mass is 947 g/mol. The van der Waals surface area contributed by atoms with Crippen molar-refractivity contribution in [1.82, 2.24) is 4.49 Å². The third-order valence-electron chi connectivity index (χ3n) is 12.0. The Bertz CT molecular complexity index is 2610. The molecule has 7 rings (SSSR count). The summed E-state index contributed by atoms with van der Waals surface area (Å²) in [5.41, 5.74) is 5.24. The van der Waals surface area contributed by atoms with Crippen molar-refractivity contribution in [3.63, 3.8) is 0 Å². The Hall–Kier alpha value is -3.91. The number of benzene rings is 6. The van der Waals surface area contributed by atoms with Crippen molar-refractivity contribution >= 4 is 53.7 Å². The molecule has 1 N–H and O–H groups in total. The summed E-state index contributed by atoms with van der Waals surface area (Å²) in [6, 6.07) is 28.8. The number of hydrogen-bond donors (Lipinski definition) is 1. The Morgan fingerprint density at radius 1 is 0.516 bits per heavy atom. The van der Waals surface area contributed by atoms with Crippen LogP contribution in [-0.2, 0) is 10.0 Å². The van der Waals surface area contributed by atoms with Crippen LogP contribution in [0.5, 0.6) is 11.5 Å². The summed E-state index contributed by atoms with van der Waals surface area (Å²) in [4.78, 5) is 0. The molecule has 1 aliphatic rings. The minimum atomic E-state index is -6.02. The molecular weight excluding hydrogens is 890 g/mol. The molecule has 0 saturated heterocycles. The summed E-state index contributed by atoms with van der Waals surface area (Å²) < 4.78 is 86.4. The Morgan fingerprint density at radius 2 is 0.839 bits per heavy atom. The second-order valence-corrected chi connectivity index (χ2v) is 25.1. The van der Waals surface area contributed by atoms with Crippen LogP contribution in [0.2, 0.25) is 0 Å². The van der Waals surface area contributed by atoms with E-state index in [0.29, 0.717) is 22.3 Å². The van der Waals surface area contributed by atoms with Crippen molar-refractivity contribution in [2.45, 2.75) is 124 Å². The molecule has 0 atom stereocenters. The topological polar surface area (TPSA) is 64.6 Å². The van der Waals surface area contributed by atoms with Gasteiger partial charge in [-0.05, 0) is 0 Å². The number of sulfonamides is 1. The Kier molecular flexibility index (Phi) is 12.6. The third kappa shape index (κ3) is 8.31. The molecule has 0 aromatic heterocycles. The van der Waals surface area contributed by atoms with Gasteiger partial charge in [0.15, 0.2) is 0 Å². The molecule has 0 bridgehead atoms. The number of rotatable bonds is 10. The maximum atomic E-state index is 14.6. The number of halogens is 3. The normalized spacial score (nSPS) is 14.3. The molecule has 1 heterocycles. The molecule has 0 amide bonds. The van der Waals surface area contributed by atoms with Crippen molar-refractivity contribution < 1.29 is 30.6 Å². The van der Waals surface area contributed by atoms with E-state index in [1.807, 2.05) is 65.2 Å². The summed E-state index contributed by atoms with van der Waals surface area (Å²) in [6.07, 6.45) is 0. The second-order valence-electron chi connectivity index (χ2n) is 18.5. The third-order valence-corrected chi connectivity index (χ3v) is 17.7. The molecule has 0 aliphatic carbocycles. The molecular formula is C51H57F3NO4PSSe. The van der Waals surface area contributed by atoms with Gasteiger partial charge in [-0.2, -0.15) is 0 Å². The molecule has 5 nitrogen and oxygen atoms in total. The molecule has 0 fully saturated rings. The van der Waals surface area contributed by atoms with Crippen molar-refractivity contribution in [2.24, 2.45) is 0 Å². The molecule has 62 heavy (non-hydrogen) atoms. The van der Waals surface area contributed by atoms with Crippen LogP contribution in [0.3, 0.4) is 0 Å². The standard InChI is InChI=1S/C51H57F3NO4PSSe/c1-27(2)35-23-39(29(5)6)45(40(24-35)30(7)8)43-21-33-17-13-15-19-37(33)47-48-38-20-16-14-18-34(38)22-44(46-41(31(9)10)25-36(28(3)4)26-42(46)32(11)12)50(48)59-60(62,58-49(43)47)55-61(56,57)51(52,53)54/h13-32H,1-12H3,(H,55,62). The fourth-order valence-corrected chi connectivity index (χ4v) is 14.3. The van der Waals surface area contributed by atoms with Gasteiger partial charge in [0.25, 0.3) is 0 Å². The van der Waals surface area contributed by atoms with Gasteiger partial charge in [0.1, 0.15) is 0 Å². The summed E-state index contributed by atoms with van der Waals surface area (Å²) >= 11 is 2.77. The van der Waals surface area contributed by atoms with Crippen molar-refractivity contribution in [2.75, 3.05) is 0 Å². The van der Waals surface area contributed by atoms with Crippen molar-refractivity contribution in [1.29, 1.82) is 0 Å². The maximum absolute atomic E-state index is 14.6.